The molecule has 4 rings (SSSR count). The van der Waals surface area contributed by atoms with Crippen LogP contribution in [0.25, 0.3) is 16.9 Å². The number of primary amides is 1. The first-order valence-electron chi connectivity index (χ1n) is 9.31. The molecule has 1 aliphatic rings. The Labute approximate surface area is 171 Å². The van der Waals surface area contributed by atoms with Crippen LogP contribution >= 0.6 is 11.6 Å². The lowest BCUT2D eigenvalue weighted by molar-refractivity contribution is 0.0995. The minimum absolute atomic E-state index is 0.0930. The van der Waals surface area contributed by atoms with Crippen LogP contribution in [0.3, 0.4) is 0 Å². The van der Waals surface area contributed by atoms with Crippen LogP contribution < -0.4 is 16.4 Å². The van der Waals surface area contributed by atoms with Crippen LogP contribution in [-0.2, 0) is 0 Å². The Balaban J connectivity index is 1.79. The number of alkyl halides is 1. The van der Waals surface area contributed by atoms with Crippen LogP contribution in [0.1, 0.15) is 29.0 Å². The first-order valence-corrected chi connectivity index (χ1v) is 9.69. The Morgan fingerprint density at radius 1 is 1.41 bits per heavy atom. The molecule has 1 aliphatic heterocycles. The van der Waals surface area contributed by atoms with Crippen LogP contribution in [0.15, 0.2) is 24.5 Å². The minimum Gasteiger partial charge on any atom is -0.364 e. The van der Waals surface area contributed by atoms with Crippen molar-refractivity contribution in [3.63, 3.8) is 0 Å². The molecule has 0 atom stereocenters. The van der Waals surface area contributed by atoms with E-state index < -0.39 is 11.6 Å². The number of carbonyl (C=O) groups excluding carboxylic acids is 1. The Kier molecular flexibility index (Phi) is 5.10. The number of hydrogen-bond donors (Lipinski definition) is 3. The second kappa shape index (κ2) is 7.57. The van der Waals surface area contributed by atoms with E-state index in [-0.39, 0.29) is 12.2 Å². The average molecular weight is 418 g/mol. The lowest BCUT2D eigenvalue weighted by Crippen LogP contribution is -2.43. The molecule has 0 radical (unpaired) electrons. The van der Waals surface area contributed by atoms with E-state index in [1.165, 1.54) is 0 Å². The maximum absolute atomic E-state index is 15.1. The molecule has 1 saturated heterocycles. The van der Waals surface area contributed by atoms with Gasteiger partial charge < -0.3 is 16.4 Å². The highest BCUT2D eigenvalue weighted by Gasteiger charge is 2.32. The molecule has 0 bridgehead atoms. The molecule has 1 amide bonds. The van der Waals surface area contributed by atoms with Gasteiger partial charge in [-0.1, -0.05) is 11.6 Å². The van der Waals surface area contributed by atoms with Crippen molar-refractivity contribution in [1.82, 2.24) is 24.7 Å². The topological polar surface area (TPSA) is 110 Å². The summed E-state index contributed by atoms with van der Waals surface area (Å²) in [6.45, 7) is 3.10. The SMILES string of the molecule is Cc1c(C(N)=O)nc2c(NCC3(F)CCNCC3)nc(-c3ccnc(Cl)c3)cn12. The van der Waals surface area contributed by atoms with Crippen molar-refractivity contribution in [3.05, 3.63) is 41.1 Å². The molecule has 4 N–H and O–H groups in total. The van der Waals surface area contributed by atoms with Crippen molar-refractivity contribution in [3.8, 4) is 11.3 Å². The highest BCUT2D eigenvalue weighted by atomic mass is 35.5. The maximum atomic E-state index is 15.1. The van der Waals surface area contributed by atoms with Crippen molar-refractivity contribution in [2.24, 2.45) is 5.73 Å². The van der Waals surface area contributed by atoms with Gasteiger partial charge in [0, 0.05) is 18.0 Å². The number of fused-ring (bicyclic) bond motifs is 1. The maximum Gasteiger partial charge on any atom is 0.269 e. The van der Waals surface area contributed by atoms with Gasteiger partial charge in [-0.2, -0.15) is 0 Å². The molecule has 8 nitrogen and oxygen atoms in total. The largest absolute Gasteiger partial charge is 0.364 e. The highest BCUT2D eigenvalue weighted by molar-refractivity contribution is 6.29. The predicted molar refractivity (Wildman–Crippen MR) is 109 cm³/mol. The zero-order valence-electron chi connectivity index (χ0n) is 15.9. The van der Waals surface area contributed by atoms with E-state index in [9.17, 15) is 4.79 Å². The average Bonchev–Trinajstić information content (AvgIpc) is 3.04. The third-order valence-electron chi connectivity index (χ3n) is 5.17. The van der Waals surface area contributed by atoms with Gasteiger partial charge in [0.05, 0.1) is 17.9 Å². The molecule has 29 heavy (non-hydrogen) atoms. The Morgan fingerprint density at radius 2 is 2.17 bits per heavy atom. The number of aryl methyl sites for hydroxylation is 1. The number of amides is 1. The molecule has 152 valence electrons. The first-order chi connectivity index (χ1) is 13.9. The number of hydrogen-bond acceptors (Lipinski definition) is 6. The van der Waals surface area contributed by atoms with Gasteiger partial charge in [-0.15, -0.1) is 0 Å². The van der Waals surface area contributed by atoms with Crippen LogP contribution in [0, 0.1) is 6.92 Å². The van der Waals surface area contributed by atoms with E-state index in [1.807, 2.05) is 0 Å². The molecule has 10 heteroatoms. The van der Waals surface area contributed by atoms with Crippen LogP contribution in [0.4, 0.5) is 10.2 Å². The van der Waals surface area contributed by atoms with Crippen molar-refractivity contribution < 1.29 is 9.18 Å². The molecule has 0 unspecified atom stereocenters. The van der Waals surface area contributed by atoms with Crippen molar-refractivity contribution in [1.29, 1.82) is 0 Å². The number of piperidine rings is 1. The summed E-state index contributed by atoms with van der Waals surface area (Å²) in [6.07, 6.45) is 4.15. The summed E-state index contributed by atoms with van der Waals surface area (Å²) in [7, 11) is 0. The molecule has 3 aromatic heterocycles. The zero-order chi connectivity index (χ0) is 20.6. The first kappa shape index (κ1) is 19.5. The lowest BCUT2D eigenvalue weighted by atomic mass is 9.94. The van der Waals surface area contributed by atoms with Gasteiger partial charge in [0.2, 0.25) is 0 Å². The molecule has 0 saturated carbocycles. The number of nitrogens with zero attached hydrogens (tertiary/aromatic N) is 4. The van der Waals surface area contributed by atoms with Crippen LogP contribution in [0.5, 0.6) is 0 Å². The molecular weight excluding hydrogens is 397 g/mol. The molecule has 0 aliphatic carbocycles. The summed E-state index contributed by atoms with van der Waals surface area (Å²) in [5.41, 5.74) is 6.58. The minimum atomic E-state index is -1.34. The fraction of sp³-hybridized carbons (Fsp3) is 0.368. The molecule has 1 fully saturated rings. The van der Waals surface area contributed by atoms with Crippen molar-refractivity contribution in [2.75, 3.05) is 25.0 Å². The predicted octanol–water partition coefficient (Wildman–Crippen LogP) is 2.36. The quantitative estimate of drug-likeness (QED) is 0.550. The second-order valence-electron chi connectivity index (χ2n) is 7.20. The third-order valence-corrected chi connectivity index (χ3v) is 5.38. The van der Waals surface area contributed by atoms with E-state index in [0.29, 0.717) is 53.9 Å². The summed E-state index contributed by atoms with van der Waals surface area (Å²) in [4.78, 5) is 24.7. The van der Waals surface area contributed by atoms with E-state index in [2.05, 4.69) is 25.6 Å². The Hall–Kier alpha value is -2.78. The number of nitrogens with one attached hydrogen (secondary N) is 2. The number of pyridine rings is 1. The lowest BCUT2D eigenvalue weighted by Gasteiger charge is -2.30. The summed E-state index contributed by atoms with van der Waals surface area (Å²) < 4.78 is 16.8. The second-order valence-corrected chi connectivity index (χ2v) is 7.59. The standard InChI is InChI=1S/C19H21ClFN7O/c1-11-15(16(22)29)27-18-17(25-10-19(21)3-6-23-7-4-19)26-13(9-28(11)18)12-2-5-24-14(20)8-12/h2,5,8-9,23H,3-4,6-7,10H2,1H3,(H2,22,29)(H,25,26). The van der Waals surface area contributed by atoms with E-state index >= 15 is 4.39 Å². The fourth-order valence-electron chi connectivity index (χ4n) is 3.51. The molecule has 4 heterocycles. The van der Waals surface area contributed by atoms with Crippen LogP contribution in [0.2, 0.25) is 5.15 Å². The highest BCUT2D eigenvalue weighted by Crippen LogP contribution is 2.28. The number of nitrogens with two attached hydrogens (primary N) is 1. The Morgan fingerprint density at radius 3 is 2.86 bits per heavy atom. The third kappa shape index (κ3) is 3.88. The van der Waals surface area contributed by atoms with Crippen molar-refractivity contribution >= 4 is 29.0 Å². The van der Waals surface area contributed by atoms with Gasteiger partial charge in [-0.3, -0.25) is 9.20 Å². The van der Waals surface area contributed by atoms with E-state index in [0.717, 1.165) is 5.56 Å². The molecular formula is C19H21ClFN7O. The van der Waals surface area contributed by atoms with Gasteiger partial charge in [-0.05, 0) is 45.0 Å². The number of anilines is 1. The fourth-order valence-corrected chi connectivity index (χ4v) is 3.68. The summed E-state index contributed by atoms with van der Waals surface area (Å²) in [5, 5.41) is 6.59. The number of halogens is 2. The Bertz CT molecular complexity index is 1080. The number of aromatic nitrogens is 4. The number of carbonyl (C=O) groups is 1. The molecule has 0 aromatic carbocycles. The molecule has 3 aromatic rings. The number of imidazole rings is 1. The summed E-state index contributed by atoms with van der Waals surface area (Å²) in [6, 6.07) is 3.46. The zero-order valence-corrected chi connectivity index (χ0v) is 16.6. The van der Waals surface area contributed by atoms with Gasteiger partial charge >= 0.3 is 0 Å². The van der Waals surface area contributed by atoms with Gasteiger partial charge in [0.1, 0.15) is 16.5 Å². The normalized spacial score (nSPS) is 16.1. The van der Waals surface area contributed by atoms with Crippen molar-refractivity contribution in [2.45, 2.75) is 25.4 Å². The van der Waals surface area contributed by atoms with E-state index in [4.69, 9.17) is 17.3 Å². The van der Waals surface area contributed by atoms with Crippen LogP contribution in [-0.4, -0.2) is 50.6 Å². The van der Waals surface area contributed by atoms with Gasteiger partial charge in [0.15, 0.2) is 11.5 Å². The smallest absolute Gasteiger partial charge is 0.269 e. The molecule has 0 spiro atoms. The van der Waals surface area contributed by atoms with E-state index in [1.54, 1.807) is 35.9 Å². The van der Waals surface area contributed by atoms with Gasteiger partial charge in [-0.25, -0.2) is 19.3 Å². The van der Waals surface area contributed by atoms with Gasteiger partial charge in [0.25, 0.3) is 5.91 Å². The summed E-state index contributed by atoms with van der Waals surface area (Å²) in [5.74, 6) is -0.257. The monoisotopic (exact) mass is 417 g/mol. The summed E-state index contributed by atoms with van der Waals surface area (Å²) >= 11 is 6.02. The number of rotatable bonds is 5.